The number of nitrogens with one attached hydrogen (secondary N) is 1. The molecule has 3 rings (SSSR count). The van der Waals surface area contributed by atoms with Gasteiger partial charge in [0.15, 0.2) is 0 Å². The quantitative estimate of drug-likeness (QED) is 0.0658. The van der Waals surface area contributed by atoms with Crippen molar-refractivity contribution in [3.05, 3.63) is 133 Å². The van der Waals surface area contributed by atoms with Crippen LogP contribution in [-0.2, 0) is 37.8 Å². The second kappa shape index (κ2) is 22.4. The van der Waals surface area contributed by atoms with E-state index in [9.17, 15) is 19.5 Å². The fourth-order valence-electron chi connectivity index (χ4n) is 5.40. The number of hydrogen-bond donors (Lipinski definition) is 2. The van der Waals surface area contributed by atoms with Crippen molar-refractivity contribution in [3.63, 3.8) is 0 Å². The first-order valence-electron chi connectivity index (χ1n) is 16.7. The van der Waals surface area contributed by atoms with Crippen LogP contribution in [0.3, 0.4) is 0 Å². The van der Waals surface area contributed by atoms with E-state index in [2.05, 4.69) is 30.6 Å². The molecular formula is C40H50N2O5S. The van der Waals surface area contributed by atoms with E-state index in [4.69, 9.17) is 4.74 Å². The van der Waals surface area contributed by atoms with E-state index in [1.54, 1.807) is 22.7 Å². The molecule has 7 nitrogen and oxygen atoms in total. The van der Waals surface area contributed by atoms with Crippen LogP contribution in [0.2, 0.25) is 0 Å². The van der Waals surface area contributed by atoms with Crippen molar-refractivity contribution < 1.29 is 24.2 Å². The predicted octanol–water partition coefficient (Wildman–Crippen LogP) is 6.77. The number of aliphatic hydroxyl groups is 1. The molecule has 0 aromatic heterocycles. The van der Waals surface area contributed by atoms with Gasteiger partial charge in [0.05, 0.1) is 24.5 Å². The average molecular weight is 671 g/mol. The Labute approximate surface area is 290 Å². The van der Waals surface area contributed by atoms with Crippen molar-refractivity contribution in [3.8, 4) is 0 Å². The molecule has 0 radical (unpaired) electrons. The van der Waals surface area contributed by atoms with Crippen molar-refractivity contribution in [2.24, 2.45) is 11.8 Å². The maximum absolute atomic E-state index is 13.7. The molecule has 256 valence electrons. The van der Waals surface area contributed by atoms with Crippen LogP contribution in [0.15, 0.2) is 116 Å². The highest BCUT2D eigenvalue weighted by Gasteiger charge is 2.27. The van der Waals surface area contributed by atoms with Crippen molar-refractivity contribution in [1.82, 2.24) is 10.2 Å². The lowest BCUT2D eigenvalue weighted by molar-refractivity contribution is -0.150. The number of benzene rings is 3. The van der Waals surface area contributed by atoms with Gasteiger partial charge in [0.2, 0.25) is 11.8 Å². The summed E-state index contributed by atoms with van der Waals surface area (Å²) in [6.45, 7) is 7.99. The summed E-state index contributed by atoms with van der Waals surface area (Å²) in [5.41, 5.74) is 3.17. The Morgan fingerprint density at radius 1 is 0.854 bits per heavy atom. The topological polar surface area (TPSA) is 95.9 Å². The number of allylic oxidation sites excluding steroid dienone is 2. The lowest BCUT2D eigenvalue weighted by Gasteiger charge is -2.26. The number of esters is 1. The summed E-state index contributed by atoms with van der Waals surface area (Å²) >= 11 is 1.65. The summed E-state index contributed by atoms with van der Waals surface area (Å²) in [6.07, 6.45) is 6.68. The number of unbranched alkanes of at least 4 members (excludes halogenated alkanes) is 1. The first-order chi connectivity index (χ1) is 23.4. The number of hydrogen-bond acceptors (Lipinski definition) is 6. The van der Waals surface area contributed by atoms with Crippen molar-refractivity contribution in [2.45, 2.75) is 56.9 Å². The Bertz CT molecular complexity index is 1390. The summed E-state index contributed by atoms with van der Waals surface area (Å²) < 4.78 is 5.91. The highest BCUT2D eigenvalue weighted by atomic mass is 32.2. The Morgan fingerprint density at radius 3 is 2.08 bits per heavy atom. The minimum absolute atomic E-state index is 0.0263. The Morgan fingerprint density at radius 2 is 1.48 bits per heavy atom. The van der Waals surface area contributed by atoms with Gasteiger partial charge in [-0.25, -0.2) is 0 Å². The smallest absolute Gasteiger partial charge is 0.309 e. The number of rotatable bonds is 23. The van der Waals surface area contributed by atoms with Crippen LogP contribution in [0.4, 0.5) is 0 Å². The first kappa shape index (κ1) is 38.3. The molecule has 3 aromatic carbocycles. The first-order valence-corrected chi connectivity index (χ1v) is 17.9. The SMILES string of the molecule is C=CCCC[C@H](Cc1ccccc1)C(=O)OC[C@H](CSCc1ccccc1)NC(=O)[C@H](CC=C)CC(=O)N(CCO)Cc1ccccc1. The Hall–Kier alpha value is -4.14. The van der Waals surface area contributed by atoms with Gasteiger partial charge in [0, 0.05) is 31.0 Å². The molecule has 3 atom stereocenters. The fourth-order valence-corrected chi connectivity index (χ4v) is 6.41. The molecule has 0 saturated carbocycles. The molecule has 0 aliphatic heterocycles. The van der Waals surface area contributed by atoms with Gasteiger partial charge in [-0.15, -0.1) is 13.2 Å². The Balaban J connectivity index is 1.69. The zero-order chi connectivity index (χ0) is 34.4. The van der Waals surface area contributed by atoms with Gasteiger partial charge in [-0.2, -0.15) is 11.8 Å². The van der Waals surface area contributed by atoms with Crippen molar-refractivity contribution in [1.29, 1.82) is 0 Å². The van der Waals surface area contributed by atoms with Gasteiger partial charge in [-0.1, -0.05) is 103 Å². The molecule has 0 bridgehead atoms. The van der Waals surface area contributed by atoms with Gasteiger partial charge in [0.25, 0.3) is 0 Å². The summed E-state index contributed by atoms with van der Waals surface area (Å²) in [4.78, 5) is 42.1. The number of aliphatic hydroxyl groups excluding tert-OH is 1. The number of carbonyl (C=O) groups excluding carboxylic acids is 3. The molecule has 0 spiro atoms. The zero-order valence-corrected chi connectivity index (χ0v) is 28.7. The number of carbonyl (C=O) groups is 3. The van der Waals surface area contributed by atoms with Crippen molar-refractivity contribution in [2.75, 3.05) is 25.5 Å². The minimum atomic E-state index is -0.658. The van der Waals surface area contributed by atoms with Gasteiger partial charge < -0.3 is 20.1 Å². The van der Waals surface area contributed by atoms with Crippen LogP contribution in [0.5, 0.6) is 0 Å². The molecule has 2 amide bonds. The maximum Gasteiger partial charge on any atom is 0.309 e. The summed E-state index contributed by atoms with van der Waals surface area (Å²) in [5.74, 6) is -0.507. The molecule has 3 aromatic rings. The van der Waals surface area contributed by atoms with Crippen LogP contribution in [0, 0.1) is 11.8 Å². The van der Waals surface area contributed by atoms with E-state index >= 15 is 0 Å². The second-order valence-electron chi connectivity index (χ2n) is 11.9. The highest BCUT2D eigenvalue weighted by molar-refractivity contribution is 7.98. The summed E-state index contributed by atoms with van der Waals surface area (Å²) in [5, 5.41) is 12.7. The van der Waals surface area contributed by atoms with Crippen LogP contribution in [0.1, 0.15) is 48.8 Å². The standard InChI is InChI=1S/C40H50N2O5S/c1-3-5-9-23-36(26-32-17-10-6-11-18-32)40(46)47-29-37(31-48-30-34-21-14-8-15-22-34)41-39(45)35(16-4-2)27-38(44)42(24-25-43)28-33-19-12-7-13-20-33/h3-4,6-8,10-15,17-22,35-37,43H,1-2,5,9,16,23-31H2,(H,41,45)/t35-,36-,37-/m1/s1. The normalized spacial score (nSPS) is 12.7. The van der Waals surface area contributed by atoms with E-state index in [1.165, 1.54) is 0 Å². The number of amides is 2. The van der Waals surface area contributed by atoms with Gasteiger partial charge in [0.1, 0.15) is 6.61 Å². The Kier molecular flexibility index (Phi) is 17.9. The summed E-state index contributed by atoms with van der Waals surface area (Å²) in [6, 6.07) is 29.1. The predicted molar refractivity (Wildman–Crippen MR) is 195 cm³/mol. The van der Waals surface area contributed by atoms with E-state index in [0.717, 1.165) is 35.3 Å². The van der Waals surface area contributed by atoms with Crippen LogP contribution in [0.25, 0.3) is 0 Å². The van der Waals surface area contributed by atoms with E-state index < -0.39 is 12.0 Å². The second-order valence-corrected chi connectivity index (χ2v) is 12.9. The molecule has 8 heteroatoms. The third kappa shape index (κ3) is 14.3. The monoisotopic (exact) mass is 670 g/mol. The summed E-state index contributed by atoms with van der Waals surface area (Å²) in [7, 11) is 0. The molecule has 0 heterocycles. The third-order valence-corrected chi connectivity index (χ3v) is 9.18. The van der Waals surface area contributed by atoms with E-state index in [0.29, 0.717) is 31.6 Å². The minimum Gasteiger partial charge on any atom is -0.463 e. The van der Waals surface area contributed by atoms with E-state index in [1.807, 2.05) is 84.9 Å². The molecule has 0 fully saturated rings. The largest absolute Gasteiger partial charge is 0.463 e. The van der Waals surface area contributed by atoms with Crippen LogP contribution in [-0.4, -0.2) is 59.3 Å². The van der Waals surface area contributed by atoms with Gasteiger partial charge >= 0.3 is 5.97 Å². The molecule has 48 heavy (non-hydrogen) atoms. The average Bonchev–Trinajstić information content (AvgIpc) is 3.11. The maximum atomic E-state index is 13.7. The van der Waals surface area contributed by atoms with Crippen LogP contribution < -0.4 is 5.32 Å². The molecule has 0 aliphatic rings. The van der Waals surface area contributed by atoms with E-state index in [-0.39, 0.29) is 49.9 Å². The fraction of sp³-hybridized carbons (Fsp3) is 0.375. The highest BCUT2D eigenvalue weighted by Crippen LogP contribution is 2.20. The zero-order valence-electron chi connectivity index (χ0n) is 27.9. The van der Waals surface area contributed by atoms with Gasteiger partial charge in [-0.05, 0) is 48.8 Å². The van der Waals surface area contributed by atoms with Crippen LogP contribution >= 0.6 is 11.8 Å². The lowest BCUT2D eigenvalue weighted by Crippen LogP contribution is -2.45. The number of ether oxygens (including phenoxy) is 1. The molecular weight excluding hydrogens is 621 g/mol. The number of thioether (sulfide) groups is 1. The van der Waals surface area contributed by atoms with Gasteiger partial charge in [-0.3, -0.25) is 14.4 Å². The molecule has 0 aliphatic carbocycles. The molecule has 2 N–H and O–H groups in total. The lowest BCUT2D eigenvalue weighted by atomic mass is 9.94. The third-order valence-electron chi connectivity index (χ3n) is 8.00. The van der Waals surface area contributed by atoms with Crippen molar-refractivity contribution >= 4 is 29.5 Å². The number of nitrogens with zero attached hydrogens (tertiary/aromatic N) is 1. The molecule has 0 unspecified atom stereocenters. The molecule has 0 saturated heterocycles.